The second-order valence-electron chi connectivity index (χ2n) is 9.94. The Kier molecular flexibility index (Phi) is 40.5. The largest absolute Gasteiger partial charge is 0.473 e. The third-order valence-corrected chi connectivity index (χ3v) is 7.44. The summed E-state index contributed by atoms with van der Waals surface area (Å²) in [5.74, 6) is 0. The second kappa shape index (κ2) is 47.4. The first-order valence-corrected chi connectivity index (χ1v) is 21.6. The first-order chi connectivity index (χ1) is 30.4. The highest BCUT2D eigenvalue weighted by atomic mass is 32.1. The van der Waals surface area contributed by atoms with Gasteiger partial charge in [0.2, 0.25) is 0 Å². The topological polar surface area (TPSA) is 184 Å². The van der Waals surface area contributed by atoms with Crippen molar-refractivity contribution < 1.29 is 13.4 Å². The van der Waals surface area contributed by atoms with Crippen LogP contribution in [0.3, 0.4) is 0 Å². The van der Waals surface area contributed by atoms with Crippen molar-refractivity contribution in [1.29, 1.82) is 0 Å². The standard InChI is InChI=1S/C5H6.C4H6N2.2C4H5N.C4H4O.C4H4S.C3H4N2.2C3H3NO.2C3H3NS.C2H2N2S/c1-2-4-5-3-1;1-6-3-2-5-4-6;5*1-2-4-5-3-1;1-2-5-3-4-1;1-2-4-5-3-1;1-2-5-3-4-1;1-2-4-5-3-1;1-3-4-2-5-1/h1-4H,5H2;2-4H,1H3;1,3-4H,2H2;1-3H,4H2;2*1-4H;2-3H,1H2;4*1-3H;1-2H. The van der Waals surface area contributed by atoms with Crippen LogP contribution >= 0.6 is 45.5 Å². The average molecular weight is 897 g/mol. The number of hydrogen-bond donors (Lipinski definition) is 0. The minimum absolute atomic E-state index is 0.889. The summed E-state index contributed by atoms with van der Waals surface area (Å²) in [6, 6.07) is 11.3. The second-order valence-corrected chi connectivity index (χ2v) is 12.9. The predicted octanol–water partition coefficient (Wildman–Crippen LogP) is 11.2. The van der Waals surface area contributed by atoms with Crippen molar-refractivity contribution in [2.45, 2.75) is 19.3 Å². The molecule has 0 spiro atoms. The molecule has 0 saturated heterocycles. The summed E-state index contributed by atoms with van der Waals surface area (Å²) in [7, 11) is 1.94. The molecule has 8 aromatic rings. The summed E-state index contributed by atoms with van der Waals surface area (Å²) in [6.45, 7) is 0.889. The Hall–Kier alpha value is -6.93. The maximum atomic E-state index is 4.58. The van der Waals surface area contributed by atoms with Gasteiger partial charge in [0, 0.05) is 86.5 Å². The van der Waals surface area contributed by atoms with E-state index in [1.807, 2.05) is 94.1 Å². The number of aromatic nitrogens is 8. The molecule has 12 rings (SSSR count). The van der Waals surface area contributed by atoms with Crippen molar-refractivity contribution in [2.24, 2.45) is 27.2 Å². The average Bonchev–Trinajstić information content (AvgIpc) is 4.22. The zero-order valence-electron chi connectivity index (χ0n) is 33.4. The lowest BCUT2D eigenvalue weighted by atomic mass is 10.5. The number of thiazole rings is 1. The number of thiophene rings is 1. The molecule has 0 saturated carbocycles. The van der Waals surface area contributed by atoms with E-state index in [9.17, 15) is 0 Å². The van der Waals surface area contributed by atoms with Gasteiger partial charge in [-0.1, -0.05) is 53.7 Å². The van der Waals surface area contributed by atoms with Gasteiger partial charge >= 0.3 is 0 Å². The van der Waals surface area contributed by atoms with Gasteiger partial charge in [-0.25, -0.2) is 14.3 Å². The van der Waals surface area contributed by atoms with E-state index in [0.717, 1.165) is 25.8 Å². The molecule has 0 N–H and O–H groups in total. The third kappa shape index (κ3) is 45.6. The van der Waals surface area contributed by atoms with Crippen molar-refractivity contribution in [1.82, 2.24) is 39.2 Å². The van der Waals surface area contributed by atoms with Gasteiger partial charge in [0.1, 0.15) is 23.5 Å². The van der Waals surface area contributed by atoms with Gasteiger partial charge in [-0.15, -0.1) is 32.9 Å². The molecule has 0 atom stereocenters. The molecule has 4 aliphatic rings. The number of aryl methyl sites for hydroxylation is 1. The van der Waals surface area contributed by atoms with E-state index in [0.29, 0.717) is 0 Å². The first-order valence-electron chi connectivity index (χ1n) is 17.9. The van der Waals surface area contributed by atoms with Gasteiger partial charge in [-0.3, -0.25) is 15.0 Å². The molecule has 0 amide bonds. The fourth-order valence-electron chi connectivity index (χ4n) is 2.86. The minimum atomic E-state index is 0.889. The van der Waals surface area contributed by atoms with E-state index in [1.165, 1.54) is 41.8 Å². The summed E-state index contributed by atoms with van der Waals surface area (Å²) in [5, 5.41) is 25.3. The Labute approximate surface area is 372 Å². The normalized spacial score (nSPS) is 11.2. The zero-order chi connectivity index (χ0) is 43.3. The lowest BCUT2D eigenvalue weighted by molar-refractivity contribution is 0.420. The summed E-state index contributed by atoms with van der Waals surface area (Å²) in [5.41, 5.74) is 5.15. The van der Waals surface area contributed by atoms with Gasteiger partial charge in [0.25, 0.3) is 0 Å². The first kappa shape index (κ1) is 52.1. The maximum absolute atomic E-state index is 4.58. The van der Waals surface area contributed by atoms with Crippen molar-refractivity contribution in [3.05, 3.63) is 198 Å². The van der Waals surface area contributed by atoms with Crippen molar-refractivity contribution in [3.63, 3.8) is 0 Å². The highest BCUT2D eigenvalue weighted by molar-refractivity contribution is 7.08. The quantitative estimate of drug-likeness (QED) is 0.142. The van der Waals surface area contributed by atoms with Crippen molar-refractivity contribution in [3.8, 4) is 0 Å². The van der Waals surface area contributed by atoms with Gasteiger partial charge in [-0.05, 0) is 59.1 Å². The molecular formula is C42H48N12O3S4. The molecule has 61 heavy (non-hydrogen) atoms. The zero-order valence-corrected chi connectivity index (χ0v) is 36.7. The highest BCUT2D eigenvalue weighted by Gasteiger charge is 1.76. The molecule has 318 valence electrons. The molecular weight excluding hydrogens is 849 g/mol. The maximum Gasteiger partial charge on any atom is 0.180 e. The van der Waals surface area contributed by atoms with Gasteiger partial charge in [0.15, 0.2) is 6.39 Å². The highest BCUT2D eigenvalue weighted by Crippen LogP contribution is 1.93. The summed E-state index contributed by atoms with van der Waals surface area (Å²) < 4.78 is 19.0. The van der Waals surface area contributed by atoms with Crippen LogP contribution in [0.1, 0.15) is 19.3 Å². The SMILES string of the molecule is C1=CCC=C1.C1=CCN=C1.C1=CN=CC1.C1=NN=CC1.Cn1ccnc1.c1ccoc1.c1ccsc1.c1cnoc1.c1cnsc1.c1cocn1.c1cscn1.c1nncs1. The van der Waals surface area contributed by atoms with Crippen molar-refractivity contribution in [2.75, 3.05) is 6.54 Å². The molecule has 11 heterocycles. The molecule has 15 nitrogen and oxygen atoms in total. The van der Waals surface area contributed by atoms with Gasteiger partial charge < -0.3 is 17.9 Å². The summed E-state index contributed by atoms with van der Waals surface area (Å²) in [6.07, 6.45) is 46.2. The lowest BCUT2D eigenvalue weighted by Gasteiger charge is -1.76. The Morgan fingerprint density at radius 3 is 1.59 bits per heavy atom. The fraction of sp³-hybridized carbons (Fsp3) is 0.119. The molecule has 1 aliphatic carbocycles. The monoisotopic (exact) mass is 896 g/mol. The van der Waals surface area contributed by atoms with Crippen LogP contribution in [0.25, 0.3) is 0 Å². The van der Waals surface area contributed by atoms with Gasteiger partial charge in [-0.2, -0.15) is 21.5 Å². The molecule has 8 aromatic heterocycles. The number of allylic oxidation sites excluding steroid dienone is 6. The number of imidazole rings is 1. The molecule has 0 aromatic carbocycles. The Balaban J connectivity index is 0.000000333. The van der Waals surface area contributed by atoms with Crippen molar-refractivity contribution >= 4 is 70.4 Å². The number of furan rings is 1. The number of oxazole rings is 1. The van der Waals surface area contributed by atoms with Crippen LogP contribution in [0.15, 0.2) is 232 Å². The van der Waals surface area contributed by atoms with Crippen LogP contribution < -0.4 is 0 Å². The van der Waals surface area contributed by atoms with E-state index in [2.05, 4.69) is 92.5 Å². The third-order valence-electron chi connectivity index (χ3n) is 5.33. The van der Waals surface area contributed by atoms with Crippen LogP contribution in [0.5, 0.6) is 0 Å². The molecule has 19 heteroatoms. The number of hydrogen-bond acceptors (Lipinski definition) is 18. The Morgan fingerprint density at radius 1 is 0.574 bits per heavy atom. The summed E-state index contributed by atoms with van der Waals surface area (Å²) in [4.78, 5) is 18.7. The van der Waals surface area contributed by atoms with E-state index >= 15 is 0 Å². The molecule has 0 fully saturated rings. The molecule has 0 radical (unpaired) electrons. The summed E-state index contributed by atoms with van der Waals surface area (Å²) >= 11 is 6.27. The predicted molar refractivity (Wildman–Crippen MR) is 253 cm³/mol. The van der Waals surface area contributed by atoms with Crippen LogP contribution in [-0.4, -0.2) is 70.6 Å². The lowest BCUT2D eigenvalue weighted by Crippen LogP contribution is -1.76. The van der Waals surface area contributed by atoms with E-state index in [4.69, 9.17) is 0 Å². The van der Waals surface area contributed by atoms with Crippen LogP contribution in [0.2, 0.25) is 0 Å². The van der Waals surface area contributed by atoms with E-state index in [-0.39, 0.29) is 0 Å². The van der Waals surface area contributed by atoms with E-state index in [1.54, 1.807) is 120 Å². The Bertz CT molecular complexity index is 1550. The smallest absolute Gasteiger partial charge is 0.180 e. The van der Waals surface area contributed by atoms with Crippen LogP contribution in [0, 0.1) is 0 Å². The number of aliphatic imine (C=N–C) groups is 2. The number of rotatable bonds is 0. The molecule has 0 unspecified atom stereocenters. The molecule has 0 bridgehead atoms. The molecule has 3 aliphatic heterocycles. The van der Waals surface area contributed by atoms with Gasteiger partial charge in [0.05, 0.1) is 43.3 Å². The van der Waals surface area contributed by atoms with E-state index < -0.39 is 0 Å². The van der Waals surface area contributed by atoms with Crippen LogP contribution in [-0.2, 0) is 7.05 Å². The fourth-order valence-corrected chi connectivity index (χ4v) is 4.28. The number of nitrogens with zero attached hydrogens (tertiary/aromatic N) is 12. The van der Waals surface area contributed by atoms with Crippen LogP contribution in [0.4, 0.5) is 0 Å². The minimum Gasteiger partial charge on any atom is -0.473 e. The Morgan fingerprint density at radius 2 is 1.39 bits per heavy atom.